The van der Waals surface area contributed by atoms with Gasteiger partial charge in [0.05, 0.1) is 0 Å². The third-order valence-corrected chi connectivity index (χ3v) is 11.6. The van der Waals surface area contributed by atoms with Crippen molar-refractivity contribution in [3.63, 3.8) is 0 Å². The van der Waals surface area contributed by atoms with Crippen molar-refractivity contribution in [1.82, 2.24) is 10.2 Å². The average molecular weight is 760 g/mol. The normalized spacial score (nSPS) is 16.4. The van der Waals surface area contributed by atoms with Gasteiger partial charge in [-0.25, -0.2) is 4.79 Å². The number of thiophene rings is 1. The molecule has 2 aliphatic heterocycles. The molecule has 47 heavy (non-hydrogen) atoms. The first kappa shape index (κ1) is 31.7. The molecule has 0 bridgehead atoms. The Morgan fingerprint density at radius 3 is 2.51 bits per heavy atom. The summed E-state index contributed by atoms with van der Waals surface area (Å²) in [4.78, 5) is 27.8. The Balaban J connectivity index is 1.14. The molecule has 2 saturated heterocycles. The number of halogens is 1. The number of hydrogen-bond donors (Lipinski definition) is 1. The molecule has 1 aromatic heterocycles. The van der Waals surface area contributed by atoms with Gasteiger partial charge in [0.1, 0.15) is 12.6 Å². The van der Waals surface area contributed by atoms with Gasteiger partial charge in [-0.1, -0.05) is 0 Å². The molecule has 1 N–H and O–H groups in total. The molecule has 7 rings (SSSR count). The smallest absolute Gasteiger partial charge is 0.299 e. The van der Waals surface area contributed by atoms with E-state index in [9.17, 15) is 9.59 Å². The molecule has 2 aliphatic rings. The van der Waals surface area contributed by atoms with Gasteiger partial charge in [0, 0.05) is 0 Å². The fraction of sp³-hybridized carbons (Fsp3) is 0.263. The Bertz CT molecular complexity index is 1890. The van der Waals surface area contributed by atoms with E-state index in [4.69, 9.17) is 12.5 Å². The van der Waals surface area contributed by atoms with E-state index in [1.165, 1.54) is 58.4 Å². The van der Waals surface area contributed by atoms with Crippen LogP contribution in [0.15, 0.2) is 91.0 Å². The number of alkyl carbamates (subject to hydrolysis) is 1. The van der Waals surface area contributed by atoms with Crippen molar-refractivity contribution in [2.45, 2.75) is 38.8 Å². The van der Waals surface area contributed by atoms with Crippen molar-refractivity contribution in [2.24, 2.45) is 0 Å². The molecule has 0 radical (unpaired) electrons. The minimum absolute atomic E-state index is 0.0609. The number of rotatable bonds is 12. The van der Waals surface area contributed by atoms with Crippen LogP contribution in [0.4, 0.5) is 4.79 Å². The number of nitrogens with zero attached hydrogens (tertiary/aromatic N) is 1. The number of aryl methyl sites for hydroxylation is 1. The third kappa shape index (κ3) is 7.63. The summed E-state index contributed by atoms with van der Waals surface area (Å²) >= 11 is 0.598. The van der Waals surface area contributed by atoms with Gasteiger partial charge in [-0.05, 0) is 25.9 Å². The number of likely N-dealkylation sites (tertiary alicyclic amines) is 1. The van der Waals surface area contributed by atoms with Gasteiger partial charge in [-0.3, -0.25) is 4.90 Å². The Morgan fingerprint density at radius 2 is 1.77 bits per heavy atom. The van der Waals surface area contributed by atoms with Crippen molar-refractivity contribution in [3.8, 4) is 21.9 Å². The van der Waals surface area contributed by atoms with Gasteiger partial charge in [-0.2, -0.15) is 0 Å². The number of cyclic esters (lactones) is 1. The summed E-state index contributed by atoms with van der Waals surface area (Å²) in [5.74, 6) is 1.47. The topological polar surface area (TPSA) is 77.1 Å². The summed E-state index contributed by atoms with van der Waals surface area (Å²) in [6, 6.07) is 30.5. The zero-order valence-corrected chi connectivity index (χ0v) is 29.1. The summed E-state index contributed by atoms with van der Waals surface area (Å²) in [6.45, 7) is 6.29. The van der Waals surface area contributed by atoms with Crippen LogP contribution in [0.1, 0.15) is 45.5 Å². The summed E-state index contributed by atoms with van der Waals surface area (Å²) < 4.78 is 18.2. The summed E-state index contributed by atoms with van der Waals surface area (Å²) in [6.07, 6.45) is 2.99. The van der Waals surface area contributed by atoms with E-state index >= 15 is 0 Å². The van der Waals surface area contributed by atoms with Crippen molar-refractivity contribution < 1.29 is 43.7 Å². The first-order chi connectivity index (χ1) is 23.0. The zero-order chi connectivity index (χ0) is 32.2. The summed E-state index contributed by atoms with van der Waals surface area (Å²) in [5, 5.41) is 3.94. The van der Waals surface area contributed by atoms with E-state index < -0.39 is 27.7 Å². The van der Waals surface area contributed by atoms with Crippen LogP contribution in [0.5, 0.6) is 11.5 Å². The van der Waals surface area contributed by atoms with Crippen LogP contribution in [0.2, 0.25) is 0 Å². The number of benzene rings is 4. The van der Waals surface area contributed by atoms with E-state index in [1.54, 1.807) is 11.3 Å². The van der Waals surface area contributed by atoms with Gasteiger partial charge in [-0.15, -0.1) is 0 Å². The van der Waals surface area contributed by atoms with Gasteiger partial charge in [0.15, 0.2) is 0 Å². The molecule has 4 aromatic carbocycles. The van der Waals surface area contributed by atoms with E-state index in [-0.39, 0.29) is 9.83 Å². The van der Waals surface area contributed by atoms with Crippen molar-refractivity contribution in [3.05, 3.63) is 119 Å². The van der Waals surface area contributed by atoms with Crippen LogP contribution < -0.4 is 34.7 Å². The minimum atomic E-state index is -1.15. The second kappa shape index (κ2) is 14.5. The number of nitrogens with one attached hydrogen (secondary N) is 1. The number of amides is 1. The SMILES string of the molecule is Cc1cc(Cc2c(-c3ccc(OCC4COC(=O)N4)cc3)sc3cc(O[I-]C(=O)c4ccccc4)ccc23)ccc1CN1CCCC1. The molecule has 1 unspecified atom stereocenters. The summed E-state index contributed by atoms with van der Waals surface area (Å²) in [5.41, 5.74) is 7.11. The maximum atomic E-state index is 12.7. The zero-order valence-electron chi connectivity index (χ0n) is 26.2. The predicted octanol–water partition coefficient (Wildman–Crippen LogP) is 4.77. The number of fused-ring (bicyclic) bond motifs is 1. The second-order valence-corrected chi connectivity index (χ2v) is 15.0. The van der Waals surface area contributed by atoms with E-state index in [0.29, 0.717) is 18.8 Å². The van der Waals surface area contributed by atoms with Crippen LogP contribution >= 0.6 is 11.3 Å². The van der Waals surface area contributed by atoms with Gasteiger partial charge < -0.3 is 10.1 Å². The molecule has 0 saturated carbocycles. The van der Waals surface area contributed by atoms with E-state index in [0.717, 1.165) is 34.7 Å². The first-order valence-corrected chi connectivity index (χ1v) is 18.7. The molecule has 0 spiro atoms. The van der Waals surface area contributed by atoms with Gasteiger partial charge >= 0.3 is 233 Å². The fourth-order valence-corrected chi connectivity index (χ4v) is 8.72. The molecule has 242 valence electrons. The third-order valence-electron chi connectivity index (χ3n) is 8.65. The van der Waals surface area contributed by atoms with E-state index in [2.05, 4.69) is 59.6 Å². The van der Waals surface area contributed by atoms with Crippen LogP contribution in [-0.4, -0.2) is 47.1 Å². The Hall–Kier alpha value is -3.93. The van der Waals surface area contributed by atoms with Crippen LogP contribution in [0.25, 0.3) is 20.5 Å². The van der Waals surface area contributed by atoms with Crippen LogP contribution in [0, 0.1) is 6.92 Å². The number of ether oxygens (including phenoxy) is 2. The van der Waals surface area contributed by atoms with Gasteiger partial charge in [0.2, 0.25) is 0 Å². The van der Waals surface area contributed by atoms with Crippen LogP contribution in [-0.2, 0) is 17.7 Å². The number of hydrogen-bond acceptors (Lipinski definition) is 7. The van der Waals surface area contributed by atoms with Crippen molar-refractivity contribution in [1.29, 1.82) is 0 Å². The molecule has 7 nitrogen and oxygen atoms in total. The van der Waals surface area contributed by atoms with Crippen molar-refractivity contribution >= 4 is 31.3 Å². The fourth-order valence-electron chi connectivity index (χ4n) is 6.13. The monoisotopic (exact) mass is 759 g/mol. The molecular weight excluding hydrogens is 723 g/mol. The Kier molecular flexibility index (Phi) is 9.74. The second-order valence-electron chi connectivity index (χ2n) is 12.1. The molecule has 1 amide bonds. The quantitative estimate of drug-likeness (QED) is 0.146. The predicted molar refractivity (Wildman–Crippen MR) is 181 cm³/mol. The number of carbonyl (C=O) groups excluding carboxylic acids is 2. The molecule has 1 atom stereocenters. The summed E-state index contributed by atoms with van der Waals surface area (Å²) in [7, 11) is 0. The molecule has 0 aliphatic carbocycles. The molecule has 3 heterocycles. The standard InChI is InChI=1S/C38H36IN2O5S/c1-25-19-26(9-10-29(25)22-41-17-5-6-18-41)20-34-33-16-15-32(46-39-37(42)28-7-3-2-4-8-28)21-35(33)47-36(34)27-11-13-31(14-12-27)44-23-30-24-45-38(43)40-30/h2-4,7-16,19,21,30H,5-6,17-18,20,22-24H2,1H3,(H,40,43)/q-1. The number of carbonyl (C=O) groups is 2. The van der Waals surface area contributed by atoms with E-state index in [1.807, 2.05) is 48.5 Å². The molecular formula is C38H36IN2O5S-. The van der Waals surface area contributed by atoms with Crippen LogP contribution in [0.3, 0.4) is 0 Å². The Labute approximate surface area is 289 Å². The molecule has 9 heteroatoms. The molecule has 2 fully saturated rings. The maximum absolute atomic E-state index is 12.7. The minimum Gasteiger partial charge on any atom is -0.299 e. The average Bonchev–Trinajstić information content (AvgIpc) is 3.85. The molecule has 5 aromatic rings. The van der Waals surface area contributed by atoms with Gasteiger partial charge in [0.25, 0.3) is 0 Å². The van der Waals surface area contributed by atoms with Crippen molar-refractivity contribution in [2.75, 3.05) is 26.3 Å². The first-order valence-electron chi connectivity index (χ1n) is 15.9. The Morgan fingerprint density at radius 1 is 0.979 bits per heavy atom.